The maximum Gasteiger partial charge on any atom is 0.159 e. The van der Waals surface area contributed by atoms with Gasteiger partial charge in [-0.3, -0.25) is 0 Å². The lowest BCUT2D eigenvalue weighted by Crippen LogP contribution is -1.97. The highest BCUT2D eigenvalue weighted by atomic mass is 32.1. The van der Waals surface area contributed by atoms with Crippen LogP contribution in [0.3, 0.4) is 0 Å². The zero-order chi connectivity index (χ0) is 22.5. The molecule has 5 nitrogen and oxygen atoms in total. The van der Waals surface area contributed by atoms with Crippen LogP contribution in [0.1, 0.15) is 0 Å². The van der Waals surface area contributed by atoms with E-state index in [0.717, 1.165) is 16.8 Å². The van der Waals surface area contributed by atoms with E-state index < -0.39 is 0 Å². The van der Waals surface area contributed by atoms with E-state index in [1.165, 1.54) is 31.2 Å². The number of nitrogens with zero attached hydrogens (tertiary/aromatic N) is 5. The molecule has 0 radical (unpaired) electrons. The quantitative estimate of drug-likeness (QED) is 0.290. The molecular weight excluding hydrogens is 438 g/mol. The van der Waals surface area contributed by atoms with Gasteiger partial charge >= 0.3 is 0 Å². The number of benzene rings is 3. The van der Waals surface area contributed by atoms with Crippen molar-refractivity contribution in [3.05, 3.63) is 104 Å². The first-order valence-corrected chi connectivity index (χ1v) is 11.8. The van der Waals surface area contributed by atoms with E-state index in [1.807, 2.05) is 23.5 Å². The van der Waals surface area contributed by atoms with Gasteiger partial charge < -0.3 is 4.57 Å². The first-order chi connectivity index (χ1) is 16.9. The van der Waals surface area contributed by atoms with Crippen molar-refractivity contribution >= 4 is 42.5 Å². The van der Waals surface area contributed by atoms with Crippen LogP contribution in [0.5, 0.6) is 0 Å². The van der Waals surface area contributed by atoms with Crippen molar-refractivity contribution < 1.29 is 0 Å². The van der Waals surface area contributed by atoms with Crippen LogP contribution in [0.25, 0.3) is 59.7 Å². The van der Waals surface area contributed by atoms with Gasteiger partial charge in [0.15, 0.2) is 11.6 Å². The molecule has 0 aliphatic rings. The molecule has 6 heteroatoms. The minimum absolute atomic E-state index is 0.672. The SMILES string of the molecule is c1cnc(-c2cc(-c3ncccn3)cc(-n3c4ccccc4c4c5ccccc5sc43)c2)nc1. The van der Waals surface area contributed by atoms with Crippen molar-refractivity contribution in [1.29, 1.82) is 0 Å². The van der Waals surface area contributed by atoms with E-state index in [0.29, 0.717) is 11.6 Å². The van der Waals surface area contributed by atoms with Crippen LogP contribution in [-0.4, -0.2) is 24.5 Å². The molecule has 7 rings (SSSR count). The Morgan fingerprint density at radius 2 is 1.18 bits per heavy atom. The van der Waals surface area contributed by atoms with E-state index in [9.17, 15) is 0 Å². The van der Waals surface area contributed by atoms with Crippen LogP contribution in [0, 0.1) is 0 Å². The highest BCUT2D eigenvalue weighted by Gasteiger charge is 2.19. The number of fused-ring (bicyclic) bond motifs is 5. The molecule has 0 fully saturated rings. The summed E-state index contributed by atoms with van der Waals surface area (Å²) in [6, 6.07) is 27.2. The lowest BCUT2D eigenvalue weighted by molar-refractivity contribution is 1.14. The highest BCUT2D eigenvalue weighted by molar-refractivity contribution is 7.25. The van der Waals surface area contributed by atoms with Gasteiger partial charge in [0.1, 0.15) is 4.83 Å². The van der Waals surface area contributed by atoms with Gasteiger partial charge in [0, 0.05) is 62.5 Å². The Bertz CT molecular complexity index is 1750. The topological polar surface area (TPSA) is 56.5 Å². The molecule has 0 saturated carbocycles. The minimum Gasteiger partial charge on any atom is -0.301 e. The monoisotopic (exact) mass is 455 g/mol. The van der Waals surface area contributed by atoms with Crippen molar-refractivity contribution in [2.45, 2.75) is 0 Å². The number of hydrogen-bond acceptors (Lipinski definition) is 5. The van der Waals surface area contributed by atoms with Gasteiger partial charge in [0.05, 0.1) is 5.52 Å². The second-order valence-electron chi connectivity index (χ2n) is 8.04. The van der Waals surface area contributed by atoms with Crippen molar-refractivity contribution in [3.8, 4) is 28.5 Å². The zero-order valence-corrected chi connectivity index (χ0v) is 18.8. The van der Waals surface area contributed by atoms with Gasteiger partial charge in [-0.05, 0) is 42.5 Å². The molecule has 0 atom stereocenters. The van der Waals surface area contributed by atoms with E-state index in [4.69, 9.17) is 0 Å². The fourth-order valence-corrected chi connectivity index (χ4v) is 5.84. The molecule has 0 bridgehead atoms. The van der Waals surface area contributed by atoms with Crippen LogP contribution in [0.2, 0.25) is 0 Å². The fraction of sp³-hybridized carbons (Fsp3) is 0. The summed E-state index contributed by atoms with van der Waals surface area (Å²) in [6.07, 6.45) is 7.07. The van der Waals surface area contributed by atoms with E-state index in [1.54, 1.807) is 24.8 Å². The molecule has 34 heavy (non-hydrogen) atoms. The van der Waals surface area contributed by atoms with E-state index in [-0.39, 0.29) is 0 Å². The molecule has 0 saturated heterocycles. The summed E-state index contributed by atoms with van der Waals surface area (Å²) < 4.78 is 3.62. The number of rotatable bonds is 3. The zero-order valence-electron chi connectivity index (χ0n) is 18.0. The summed E-state index contributed by atoms with van der Waals surface area (Å²) in [5.74, 6) is 1.34. The van der Waals surface area contributed by atoms with Crippen molar-refractivity contribution in [3.63, 3.8) is 0 Å². The van der Waals surface area contributed by atoms with Gasteiger partial charge in [-0.1, -0.05) is 36.4 Å². The Balaban J connectivity index is 1.59. The van der Waals surface area contributed by atoms with Gasteiger partial charge in [-0.25, -0.2) is 19.9 Å². The van der Waals surface area contributed by atoms with Crippen molar-refractivity contribution in [2.75, 3.05) is 0 Å². The smallest absolute Gasteiger partial charge is 0.159 e. The Morgan fingerprint density at radius 1 is 0.588 bits per heavy atom. The summed E-state index contributed by atoms with van der Waals surface area (Å²) in [5.41, 5.74) is 4.05. The lowest BCUT2D eigenvalue weighted by atomic mass is 10.1. The van der Waals surface area contributed by atoms with Gasteiger partial charge in [-0.2, -0.15) is 0 Å². The predicted molar refractivity (Wildman–Crippen MR) is 138 cm³/mol. The molecule has 0 spiro atoms. The average Bonchev–Trinajstić information content (AvgIpc) is 3.44. The molecule has 0 aliphatic carbocycles. The lowest BCUT2D eigenvalue weighted by Gasteiger charge is -2.12. The average molecular weight is 456 g/mol. The molecule has 0 aliphatic heterocycles. The first kappa shape index (κ1) is 19.1. The van der Waals surface area contributed by atoms with Gasteiger partial charge in [0.25, 0.3) is 0 Å². The third kappa shape index (κ3) is 2.93. The van der Waals surface area contributed by atoms with E-state index >= 15 is 0 Å². The normalized spacial score (nSPS) is 11.5. The number of hydrogen-bond donors (Lipinski definition) is 0. The maximum absolute atomic E-state index is 4.51. The Labute approximate surface area is 199 Å². The van der Waals surface area contributed by atoms with Crippen molar-refractivity contribution in [2.24, 2.45) is 0 Å². The van der Waals surface area contributed by atoms with Crippen LogP contribution < -0.4 is 0 Å². The number of para-hydroxylation sites is 1. The number of aromatic nitrogens is 5. The van der Waals surface area contributed by atoms with Crippen LogP contribution in [0.4, 0.5) is 0 Å². The fourth-order valence-electron chi connectivity index (χ4n) is 4.59. The van der Waals surface area contributed by atoms with E-state index in [2.05, 4.69) is 91.2 Å². The first-order valence-electron chi connectivity index (χ1n) is 11.0. The van der Waals surface area contributed by atoms with Crippen LogP contribution in [0.15, 0.2) is 104 Å². The minimum atomic E-state index is 0.672. The third-order valence-electron chi connectivity index (χ3n) is 6.02. The van der Waals surface area contributed by atoms with Crippen LogP contribution >= 0.6 is 11.3 Å². The molecule has 0 unspecified atom stereocenters. The van der Waals surface area contributed by atoms with Gasteiger partial charge in [0.2, 0.25) is 0 Å². The summed E-state index contributed by atoms with van der Waals surface area (Å²) >= 11 is 1.81. The maximum atomic E-state index is 4.51. The highest BCUT2D eigenvalue weighted by Crippen LogP contribution is 2.42. The van der Waals surface area contributed by atoms with Crippen molar-refractivity contribution in [1.82, 2.24) is 24.5 Å². The summed E-state index contributed by atoms with van der Waals surface area (Å²) in [4.78, 5) is 19.2. The summed E-state index contributed by atoms with van der Waals surface area (Å²) in [6.45, 7) is 0. The van der Waals surface area contributed by atoms with Gasteiger partial charge in [-0.15, -0.1) is 11.3 Å². The molecule has 160 valence electrons. The molecule has 4 heterocycles. The molecule has 3 aromatic carbocycles. The van der Waals surface area contributed by atoms with Crippen LogP contribution in [-0.2, 0) is 0 Å². The summed E-state index contributed by atoms with van der Waals surface area (Å²) in [7, 11) is 0. The molecule has 4 aromatic heterocycles. The summed E-state index contributed by atoms with van der Waals surface area (Å²) in [5, 5.41) is 3.82. The largest absolute Gasteiger partial charge is 0.301 e. The molecule has 0 N–H and O–H groups in total. The number of thiophene rings is 1. The second-order valence-corrected chi connectivity index (χ2v) is 9.07. The standard InChI is InChI=1S/C28H17N5S/c1-3-9-23-21(7-1)25-22-8-2-4-10-24(22)34-28(25)33(23)20-16-18(26-29-11-5-12-30-26)15-19(17-20)27-31-13-6-14-32-27/h1-17H. The molecule has 7 aromatic rings. The Kier molecular flexibility index (Phi) is 4.25. The second kappa shape index (κ2) is 7.57. The third-order valence-corrected chi connectivity index (χ3v) is 7.17. The molecule has 0 amide bonds. The molecular formula is C28H17N5S. The Hall–Kier alpha value is -4.42. The Morgan fingerprint density at radius 3 is 1.85 bits per heavy atom. The predicted octanol–water partition coefficient (Wildman–Crippen LogP) is 6.91.